The summed E-state index contributed by atoms with van der Waals surface area (Å²) >= 11 is 2.15. The maximum atomic E-state index is 13.3. The van der Waals surface area contributed by atoms with Crippen molar-refractivity contribution in [3.05, 3.63) is 75.5 Å². The second-order valence-electron chi connectivity index (χ2n) is 3.97. The minimum absolute atomic E-state index is 0.109. The van der Waals surface area contributed by atoms with Crippen molar-refractivity contribution in [2.24, 2.45) is 0 Å². The quantitative estimate of drug-likeness (QED) is 0.481. The third-order valence-electron chi connectivity index (χ3n) is 2.53. The third-order valence-corrected chi connectivity index (χ3v) is 3.25. The Morgan fingerprint density at radius 2 is 1.80 bits per heavy atom. The summed E-state index contributed by atoms with van der Waals surface area (Å²) < 4.78 is 27.1. The van der Waals surface area contributed by atoms with E-state index < -0.39 is 11.6 Å². The van der Waals surface area contributed by atoms with Crippen LogP contribution >= 0.6 is 22.6 Å². The summed E-state index contributed by atoms with van der Waals surface area (Å²) in [5.41, 5.74) is 0.654. The largest absolute Gasteiger partial charge is 0.359 e. The van der Waals surface area contributed by atoms with E-state index in [0.29, 0.717) is 5.56 Å². The number of allylic oxidation sites excluding steroid dienone is 1. The second-order valence-corrected chi connectivity index (χ2v) is 5.22. The number of halogens is 3. The number of hydrogen-bond donors (Lipinski definition) is 1. The minimum atomic E-state index is -0.712. The molecule has 0 unspecified atom stereocenters. The molecule has 2 rings (SSSR count). The van der Waals surface area contributed by atoms with Crippen LogP contribution in [-0.4, -0.2) is 5.78 Å². The zero-order chi connectivity index (χ0) is 14.5. The van der Waals surface area contributed by atoms with Crippen LogP contribution in [0.1, 0.15) is 10.4 Å². The lowest BCUT2D eigenvalue weighted by atomic mass is 10.1. The molecule has 0 spiro atoms. The molecule has 0 atom stereocenters. The van der Waals surface area contributed by atoms with Crippen molar-refractivity contribution in [3.63, 3.8) is 0 Å². The molecule has 0 aliphatic rings. The number of carbonyl (C=O) groups excluding carboxylic acids is 1. The molecule has 0 heterocycles. The standard InChI is InChI=1S/C15H10F2INO/c16-11-3-6-14(13(17)9-11)19-8-7-15(20)10-1-4-12(18)5-2-10/h1-9,19H/b8-7+. The minimum Gasteiger partial charge on any atom is -0.359 e. The Morgan fingerprint density at radius 1 is 1.10 bits per heavy atom. The first-order valence-electron chi connectivity index (χ1n) is 5.74. The Balaban J connectivity index is 2.02. The third kappa shape index (κ3) is 3.86. The van der Waals surface area contributed by atoms with Crippen molar-refractivity contribution in [1.29, 1.82) is 0 Å². The van der Waals surface area contributed by atoms with Crippen LogP contribution in [0.3, 0.4) is 0 Å². The predicted molar refractivity (Wildman–Crippen MR) is 82.6 cm³/mol. The maximum absolute atomic E-state index is 13.3. The summed E-state index contributed by atoms with van der Waals surface area (Å²) in [6.07, 6.45) is 2.63. The molecular formula is C15H10F2INO. The van der Waals surface area contributed by atoms with Crippen LogP contribution in [0.25, 0.3) is 0 Å². The van der Waals surface area contributed by atoms with Gasteiger partial charge < -0.3 is 5.32 Å². The molecule has 5 heteroatoms. The fraction of sp³-hybridized carbons (Fsp3) is 0. The van der Waals surface area contributed by atoms with Crippen molar-refractivity contribution in [2.75, 3.05) is 5.32 Å². The maximum Gasteiger partial charge on any atom is 0.187 e. The molecule has 0 aliphatic carbocycles. The van der Waals surface area contributed by atoms with Gasteiger partial charge >= 0.3 is 0 Å². The highest BCUT2D eigenvalue weighted by molar-refractivity contribution is 14.1. The molecule has 0 fully saturated rings. The fourth-order valence-corrected chi connectivity index (χ4v) is 1.88. The monoisotopic (exact) mass is 385 g/mol. The average molecular weight is 385 g/mol. The molecule has 0 amide bonds. The van der Waals surface area contributed by atoms with E-state index in [2.05, 4.69) is 27.9 Å². The Morgan fingerprint density at radius 3 is 2.45 bits per heavy atom. The van der Waals surface area contributed by atoms with Crippen molar-refractivity contribution in [1.82, 2.24) is 0 Å². The average Bonchev–Trinajstić information content (AvgIpc) is 2.42. The number of anilines is 1. The van der Waals surface area contributed by atoms with Gasteiger partial charge in [0, 0.05) is 27.5 Å². The van der Waals surface area contributed by atoms with Crippen molar-refractivity contribution >= 4 is 34.1 Å². The van der Waals surface area contributed by atoms with E-state index >= 15 is 0 Å². The molecule has 1 N–H and O–H groups in total. The van der Waals surface area contributed by atoms with Crippen LogP contribution < -0.4 is 5.32 Å². The van der Waals surface area contributed by atoms with E-state index in [0.717, 1.165) is 15.7 Å². The molecule has 0 aromatic heterocycles. The molecule has 2 aromatic rings. The summed E-state index contributed by atoms with van der Waals surface area (Å²) in [6.45, 7) is 0. The van der Waals surface area contributed by atoms with Gasteiger partial charge in [0.05, 0.1) is 5.69 Å². The lowest BCUT2D eigenvalue weighted by Gasteiger charge is -2.02. The number of nitrogens with one attached hydrogen (secondary N) is 1. The smallest absolute Gasteiger partial charge is 0.187 e. The van der Waals surface area contributed by atoms with Gasteiger partial charge in [0.2, 0.25) is 0 Å². The molecule has 2 aromatic carbocycles. The molecule has 2 nitrogen and oxygen atoms in total. The first-order chi connectivity index (χ1) is 9.56. The van der Waals surface area contributed by atoms with E-state index in [1.165, 1.54) is 18.3 Å². The molecule has 20 heavy (non-hydrogen) atoms. The number of ketones is 1. The van der Waals surface area contributed by atoms with E-state index in [1.807, 2.05) is 12.1 Å². The number of carbonyl (C=O) groups is 1. The van der Waals surface area contributed by atoms with Gasteiger partial charge in [-0.3, -0.25) is 4.79 Å². The van der Waals surface area contributed by atoms with Crippen LogP contribution in [0, 0.1) is 15.2 Å². The highest BCUT2D eigenvalue weighted by Crippen LogP contribution is 2.15. The lowest BCUT2D eigenvalue weighted by Crippen LogP contribution is -1.97. The van der Waals surface area contributed by atoms with E-state index in [-0.39, 0.29) is 11.5 Å². The van der Waals surface area contributed by atoms with Crippen LogP contribution in [-0.2, 0) is 0 Å². The highest BCUT2D eigenvalue weighted by Gasteiger charge is 2.03. The van der Waals surface area contributed by atoms with Gasteiger partial charge in [-0.25, -0.2) is 8.78 Å². The summed E-state index contributed by atoms with van der Waals surface area (Å²) in [4.78, 5) is 11.8. The normalized spacial score (nSPS) is 10.8. The van der Waals surface area contributed by atoms with Gasteiger partial charge in [-0.1, -0.05) is 12.1 Å². The summed E-state index contributed by atoms with van der Waals surface area (Å²) in [7, 11) is 0. The van der Waals surface area contributed by atoms with Gasteiger partial charge in [0.15, 0.2) is 5.78 Å². The van der Waals surface area contributed by atoms with E-state index in [9.17, 15) is 13.6 Å². The van der Waals surface area contributed by atoms with E-state index in [4.69, 9.17) is 0 Å². The zero-order valence-corrected chi connectivity index (χ0v) is 12.4. The first-order valence-corrected chi connectivity index (χ1v) is 6.82. The Kier molecular flexibility index (Phi) is 4.84. The molecular weight excluding hydrogens is 375 g/mol. The Bertz CT molecular complexity index is 653. The predicted octanol–water partition coefficient (Wildman–Crippen LogP) is 4.38. The van der Waals surface area contributed by atoms with Crippen LogP contribution in [0.15, 0.2) is 54.7 Å². The zero-order valence-electron chi connectivity index (χ0n) is 10.2. The number of rotatable bonds is 4. The van der Waals surface area contributed by atoms with Crippen LogP contribution in [0.2, 0.25) is 0 Å². The van der Waals surface area contributed by atoms with Crippen LogP contribution in [0.5, 0.6) is 0 Å². The van der Waals surface area contributed by atoms with Crippen molar-refractivity contribution < 1.29 is 13.6 Å². The Labute approximate surface area is 128 Å². The van der Waals surface area contributed by atoms with Gasteiger partial charge in [0.25, 0.3) is 0 Å². The molecule has 0 saturated heterocycles. The fourth-order valence-electron chi connectivity index (χ4n) is 1.52. The van der Waals surface area contributed by atoms with Gasteiger partial charge in [-0.15, -0.1) is 0 Å². The SMILES string of the molecule is O=C(/C=C/Nc1ccc(F)cc1F)c1ccc(I)cc1. The second kappa shape index (κ2) is 6.60. The first kappa shape index (κ1) is 14.6. The van der Waals surface area contributed by atoms with Gasteiger partial charge in [-0.05, 0) is 46.9 Å². The molecule has 0 saturated carbocycles. The van der Waals surface area contributed by atoms with Crippen LogP contribution in [0.4, 0.5) is 14.5 Å². The lowest BCUT2D eigenvalue weighted by molar-refractivity contribution is 0.104. The van der Waals surface area contributed by atoms with Crippen molar-refractivity contribution in [2.45, 2.75) is 0 Å². The summed E-state index contributed by atoms with van der Waals surface area (Å²) in [5.74, 6) is -1.56. The number of benzene rings is 2. The van der Waals surface area contributed by atoms with E-state index in [1.54, 1.807) is 12.1 Å². The molecule has 102 valence electrons. The summed E-state index contributed by atoms with van der Waals surface area (Å²) in [5, 5.41) is 2.61. The van der Waals surface area contributed by atoms with Crippen molar-refractivity contribution in [3.8, 4) is 0 Å². The highest BCUT2D eigenvalue weighted by atomic mass is 127. The molecule has 0 bridgehead atoms. The van der Waals surface area contributed by atoms with Gasteiger partial charge in [0.1, 0.15) is 11.6 Å². The summed E-state index contributed by atoms with van der Waals surface area (Å²) in [6, 6.07) is 10.3. The topological polar surface area (TPSA) is 29.1 Å². The molecule has 0 aliphatic heterocycles. The molecule has 0 radical (unpaired) electrons. The van der Waals surface area contributed by atoms with Gasteiger partial charge in [-0.2, -0.15) is 0 Å². The Hall–Kier alpha value is -1.76. The number of hydrogen-bond acceptors (Lipinski definition) is 2.